The fourth-order valence-corrected chi connectivity index (χ4v) is 5.01. The Kier molecular flexibility index (Phi) is 4.50. The summed E-state index contributed by atoms with van der Waals surface area (Å²) in [5.74, 6) is 1.48. The van der Waals surface area contributed by atoms with E-state index in [2.05, 4.69) is 46.7 Å². The van der Waals surface area contributed by atoms with Gasteiger partial charge < -0.3 is 8.98 Å². The van der Waals surface area contributed by atoms with Crippen LogP contribution in [0.25, 0.3) is 11.6 Å². The Morgan fingerprint density at radius 3 is 2.82 bits per heavy atom. The molecule has 0 fully saturated rings. The van der Waals surface area contributed by atoms with Crippen molar-refractivity contribution in [1.82, 2.24) is 19.2 Å². The zero-order valence-corrected chi connectivity index (χ0v) is 17.1. The van der Waals surface area contributed by atoms with E-state index < -0.39 is 0 Å². The smallest absolute Gasteiger partial charge is 0.199 e. The van der Waals surface area contributed by atoms with Crippen LogP contribution in [0, 0.1) is 4.77 Å². The molecule has 0 saturated heterocycles. The number of thiophene rings is 1. The number of hydrogen-bond donors (Lipinski definition) is 0. The van der Waals surface area contributed by atoms with Crippen LogP contribution < -0.4 is 0 Å². The summed E-state index contributed by atoms with van der Waals surface area (Å²) in [6.07, 6.45) is 2.72. The predicted octanol–water partition coefficient (Wildman–Crippen LogP) is 4.88. The van der Waals surface area contributed by atoms with E-state index in [9.17, 15) is 0 Å². The van der Waals surface area contributed by atoms with Crippen molar-refractivity contribution in [3.8, 4) is 11.6 Å². The van der Waals surface area contributed by atoms with E-state index in [-0.39, 0.29) is 6.04 Å². The molecule has 142 valence electrons. The molecule has 1 aliphatic rings. The fourth-order valence-electron chi connectivity index (χ4n) is 3.92. The molecule has 0 amide bonds. The first-order chi connectivity index (χ1) is 13.7. The van der Waals surface area contributed by atoms with Gasteiger partial charge in [0.05, 0.1) is 19.0 Å². The lowest BCUT2D eigenvalue weighted by molar-refractivity contribution is 0.156. The Labute approximate surface area is 172 Å². The molecule has 5 rings (SSSR count). The van der Waals surface area contributed by atoms with E-state index in [0.717, 1.165) is 24.6 Å². The number of benzene rings is 1. The standard InChI is InChI=1S/C21H20N4OS2/c1-23-20(17-8-5-12-26-17)22-25(21(23)27)14-24-11-9-18-16(10-13-28-18)19(24)15-6-3-2-4-7-15/h2-8,10,12-13,19H,9,11,14H2,1H3. The van der Waals surface area contributed by atoms with Gasteiger partial charge in [0, 0.05) is 18.5 Å². The van der Waals surface area contributed by atoms with Crippen LogP contribution in [0.15, 0.2) is 64.6 Å². The van der Waals surface area contributed by atoms with E-state index in [1.807, 2.05) is 39.8 Å². The third-order valence-electron chi connectivity index (χ3n) is 5.28. The summed E-state index contributed by atoms with van der Waals surface area (Å²) in [5, 5.41) is 6.96. The first-order valence-corrected chi connectivity index (χ1v) is 10.5. The summed E-state index contributed by atoms with van der Waals surface area (Å²) < 4.78 is 10.0. The molecule has 1 aliphatic heterocycles. The zero-order chi connectivity index (χ0) is 19.1. The molecule has 1 unspecified atom stereocenters. The Morgan fingerprint density at radius 2 is 2.04 bits per heavy atom. The van der Waals surface area contributed by atoms with Crippen LogP contribution in [0.5, 0.6) is 0 Å². The van der Waals surface area contributed by atoms with Gasteiger partial charge in [0.1, 0.15) is 0 Å². The fraction of sp³-hybridized carbons (Fsp3) is 0.238. The lowest BCUT2D eigenvalue weighted by Crippen LogP contribution is -2.37. The van der Waals surface area contributed by atoms with E-state index >= 15 is 0 Å². The predicted molar refractivity (Wildman–Crippen MR) is 113 cm³/mol. The van der Waals surface area contributed by atoms with Gasteiger partial charge >= 0.3 is 0 Å². The number of hydrogen-bond acceptors (Lipinski definition) is 5. The van der Waals surface area contributed by atoms with Crippen LogP contribution in [-0.2, 0) is 20.1 Å². The second kappa shape index (κ2) is 7.16. The maximum Gasteiger partial charge on any atom is 0.199 e. The van der Waals surface area contributed by atoms with Crippen molar-refractivity contribution in [3.63, 3.8) is 0 Å². The van der Waals surface area contributed by atoms with Crippen LogP contribution in [0.2, 0.25) is 0 Å². The highest BCUT2D eigenvalue weighted by Gasteiger charge is 2.30. The Bertz CT molecular complexity index is 1140. The number of fused-ring (bicyclic) bond motifs is 1. The molecule has 4 heterocycles. The molecule has 0 saturated carbocycles. The third kappa shape index (κ3) is 2.96. The first kappa shape index (κ1) is 17.6. The molecule has 4 aromatic rings. The van der Waals surface area contributed by atoms with Gasteiger partial charge in [-0.05, 0) is 53.3 Å². The van der Waals surface area contributed by atoms with Crippen molar-refractivity contribution in [3.05, 3.63) is 80.9 Å². The van der Waals surface area contributed by atoms with E-state index in [4.69, 9.17) is 21.7 Å². The van der Waals surface area contributed by atoms with Gasteiger partial charge in [-0.2, -0.15) is 0 Å². The third-order valence-corrected chi connectivity index (χ3v) is 6.76. The molecular formula is C21H20N4OS2. The summed E-state index contributed by atoms with van der Waals surface area (Å²) >= 11 is 7.52. The lowest BCUT2D eigenvalue weighted by Gasteiger charge is -2.36. The van der Waals surface area contributed by atoms with E-state index in [0.29, 0.717) is 11.4 Å². The van der Waals surface area contributed by atoms with Gasteiger partial charge in [0.25, 0.3) is 0 Å². The van der Waals surface area contributed by atoms with Gasteiger partial charge in [0.2, 0.25) is 0 Å². The van der Waals surface area contributed by atoms with Crippen molar-refractivity contribution in [1.29, 1.82) is 0 Å². The van der Waals surface area contributed by atoms with Crippen LogP contribution in [-0.4, -0.2) is 25.8 Å². The van der Waals surface area contributed by atoms with Gasteiger partial charge in [-0.15, -0.1) is 16.4 Å². The van der Waals surface area contributed by atoms with Crippen molar-refractivity contribution < 1.29 is 4.42 Å². The first-order valence-electron chi connectivity index (χ1n) is 9.25. The summed E-state index contributed by atoms with van der Waals surface area (Å²) in [7, 11) is 1.94. The minimum atomic E-state index is 0.215. The topological polar surface area (TPSA) is 39.1 Å². The zero-order valence-electron chi connectivity index (χ0n) is 15.5. The Morgan fingerprint density at radius 1 is 1.18 bits per heavy atom. The highest BCUT2D eigenvalue weighted by atomic mass is 32.1. The van der Waals surface area contributed by atoms with Crippen LogP contribution >= 0.6 is 23.6 Å². The van der Waals surface area contributed by atoms with Crippen molar-refractivity contribution in [2.75, 3.05) is 6.54 Å². The second-order valence-electron chi connectivity index (χ2n) is 6.96. The van der Waals surface area contributed by atoms with E-state index in [1.54, 1.807) is 6.26 Å². The minimum Gasteiger partial charge on any atom is -0.461 e. The lowest BCUT2D eigenvalue weighted by atomic mass is 9.94. The normalized spacial score (nSPS) is 17.0. The molecule has 0 bridgehead atoms. The quantitative estimate of drug-likeness (QED) is 0.451. The molecule has 0 spiro atoms. The van der Waals surface area contributed by atoms with Crippen molar-refractivity contribution in [2.24, 2.45) is 7.05 Å². The molecule has 0 radical (unpaired) electrons. The summed E-state index contributed by atoms with van der Waals surface area (Å²) in [5.41, 5.74) is 2.70. The van der Waals surface area contributed by atoms with Gasteiger partial charge in [-0.3, -0.25) is 4.90 Å². The number of furan rings is 1. The highest BCUT2D eigenvalue weighted by Crippen LogP contribution is 2.38. The number of rotatable bonds is 4. The maximum atomic E-state index is 5.67. The number of nitrogens with zero attached hydrogens (tertiary/aromatic N) is 4. The van der Waals surface area contributed by atoms with Crippen LogP contribution in [0.1, 0.15) is 22.0 Å². The number of aromatic nitrogens is 3. The molecule has 7 heteroatoms. The second-order valence-corrected chi connectivity index (χ2v) is 8.32. The van der Waals surface area contributed by atoms with Gasteiger partial charge in [0.15, 0.2) is 16.4 Å². The largest absolute Gasteiger partial charge is 0.461 e. The summed E-state index contributed by atoms with van der Waals surface area (Å²) in [4.78, 5) is 3.94. The molecule has 0 N–H and O–H groups in total. The molecular weight excluding hydrogens is 388 g/mol. The maximum absolute atomic E-state index is 5.67. The van der Waals surface area contributed by atoms with Crippen molar-refractivity contribution in [2.45, 2.75) is 19.1 Å². The summed E-state index contributed by atoms with van der Waals surface area (Å²) in [6.45, 7) is 1.61. The average molecular weight is 409 g/mol. The molecule has 1 aromatic carbocycles. The molecule has 3 aromatic heterocycles. The Hall–Kier alpha value is -2.48. The SMILES string of the molecule is Cn1c(-c2ccco2)nn(CN2CCc3sccc3C2c2ccccc2)c1=S. The van der Waals surface area contributed by atoms with Crippen LogP contribution in [0.3, 0.4) is 0 Å². The van der Waals surface area contributed by atoms with Gasteiger partial charge in [-0.25, -0.2) is 4.68 Å². The molecule has 1 atom stereocenters. The highest BCUT2D eigenvalue weighted by molar-refractivity contribution is 7.71. The van der Waals surface area contributed by atoms with Crippen LogP contribution in [0.4, 0.5) is 0 Å². The Balaban J connectivity index is 1.53. The van der Waals surface area contributed by atoms with Crippen molar-refractivity contribution >= 4 is 23.6 Å². The molecule has 5 nitrogen and oxygen atoms in total. The van der Waals surface area contributed by atoms with E-state index in [1.165, 1.54) is 16.0 Å². The average Bonchev–Trinajstić information content (AvgIpc) is 3.46. The summed E-state index contributed by atoms with van der Waals surface area (Å²) in [6, 6.07) is 16.9. The molecule has 0 aliphatic carbocycles. The molecule has 28 heavy (non-hydrogen) atoms. The minimum absolute atomic E-state index is 0.215. The van der Waals surface area contributed by atoms with Gasteiger partial charge in [-0.1, -0.05) is 30.3 Å². The monoisotopic (exact) mass is 408 g/mol.